The largest absolute Gasteiger partial charge is 0.444 e. The molecule has 0 radical (unpaired) electrons. The summed E-state index contributed by atoms with van der Waals surface area (Å²) in [6, 6.07) is 5.51. The number of piperazine rings is 1. The molecule has 0 bridgehead atoms. The lowest BCUT2D eigenvalue weighted by molar-refractivity contribution is -0.128. The van der Waals surface area contributed by atoms with Crippen molar-refractivity contribution in [2.45, 2.75) is 32.8 Å². The van der Waals surface area contributed by atoms with E-state index < -0.39 is 17.5 Å². The van der Waals surface area contributed by atoms with Gasteiger partial charge in [0.05, 0.1) is 17.7 Å². The first kappa shape index (κ1) is 21.6. The van der Waals surface area contributed by atoms with Crippen molar-refractivity contribution >= 4 is 17.8 Å². The minimum Gasteiger partial charge on any atom is -0.444 e. The van der Waals surface area contributed by atoms with Gasteiger partial charge >= 0.3 is 6.09 Å². The van der Waals surface area contributed by atoms with E-state index in [-0.39, 0.29) is 31.0 Å². The molecular formula is C21H26FN5O3. The zero-order valence-corrected chi connectivity index (χ0v) is 17.5. The second kappa shape index (κ2) is 8.69. The van der Waals surface area contributed by atoms with Gasteiger partial charge in [0.15, 0.2) is 0 Å². The molecule has 2 amide bonds. The van der Waals surface area contributed by atoms with Gasteiger partial charge in [-0.2, -0.15) is 5.26 Å². The first-order chi connectivity index (χ1) is 14.2. The van der Waals surface area contributed by atoms with Crippen LogP contribution in [0.1, 0.15) is 32.8 Å². The molecule has 0 N–H and O–H groups in total. The standard InChI is InChI=1S/C21H26FN5O3/c1-21(2,3)30-20(29)27-7-6-17(22)16(14-27)19(28)26-10-8-25(9-11-26)18-5-4-15(12-23)13-24-18/h4-5,13H,6-11,14H2,1-3H3. The molecule has 0 saturated carbocycles. The topological polar surface area (TPSA) is 89.8 Å². The molecule has 1 aromatic rings. The molecule has 0 aliphatic carbocycles. The van der Waals surface area contributed by atoms with E-state index in [1.54, 1.807) is 37.8 Å². The third-order valence-electron chi connectivity index (χ3n) is 4.96. The summed E-state index contributed by atoms with van der Waals surface area (Å²) in [6.45, 7) is 7.34. The van der Waals surface area contributed by atoms with Crippen LogP contribution >= 0.6 is 0 Å². The average Bonchev–Trinajstić information content (AvgIpc) is 2.72. The van der Waals surface area contributed by atoms with Gasteiger partial charge in [-0.1, -0.05) is 0 Å². The maximum atomic E-state index is 14.4. The number of halogens is 1. The number of anilines is 1. The summed E-state index contributed by atoms with van der Waals surface area (Å²) in [4.78, 5) is 34.5. The molecule has 30 heavy (non-hydrogen) atoms. The van der Waals surface area contributed by atoms with Crippen molar-refractivity contribution in [3.8, 4) is 6.07 Å². The number of amides is 2. The van der Waals surface area contributed by atoms with Crippen molar-refractivity contribution in [1.82, 2.24) is 14.8 Å². The third kappa shape index (κ3) is 5.06. The van der Waals surface area contributed by atoms with Gasteiger partial charge in [0.1, 0.15) is 23.3 Å². The second-order valence-electron chi connectivity index (χ2n) is 8.33. The Bertz CT molecular complexity index is 877. The van der Waals surface area contributed by atoms with E-state index in [0.29, 0.717) is 31.7 Å². The Morgan fingerprint density at radius 2 is 1.83 bits per heavy atom. The predicted molar refractivity (Wildman–Crippen MR) is 108 cm³/mol. The third-order valence-corrected chi connectivity index (χ3v) is 4.96. The number of carbonyl (C=O) groups is 2. The van der Waals surface area contributed by atoms with E-state index in [4.69, 9.17) is 10.00 Å². The van der Waals surface area contributed by atoms with Gasteiger partial charge < -0.3 is 19.4 Å². The molecule has 1 saturated heterocycles. The quantitative estimate of drug-likeness (QED) is 0.737. The molecular weight excluding hydrogens is 389 g/mol. The van der Waals surface area contributed by atoms with E-state index in [1.807, 2.05) is 11.0 Å². The number of ether oxygens (including phenoxy) is 1. The van der Waals surface area contributed by atoms with Gasteiger partial charge in [-0.25, -0.2) is 14.2 Å². The van der Waals surface area contributed by atoms with Crippen LogP contribution < -0.4 is 4.90 Å². The number of aromatic nitrogens is 1. The minimum atomic E-state index is -0.656. The molecule has 0 aromatic carbocycles. The zero-order chi connectivity index (χ0) is 21.9. The zero-order valence-electron chi connectivity index (χ0n) is 17.5. The summed E-state index contributed by atoms with van der Waals surface area (Å²) in [5, 5.41) is 8.87. The number of rotatable bonds is 2. The Hall–Kier alpha value is -3.15. The van der Waals surface area contributed by atoms with E-state index >= 15 is 0 Å². The molecule has 2 aliphatic rings. The lowest BCUT2D eigenvalue weighted by Crippen LogP contribution is -2.51. The van der Waals surface area contributed by atoms with Crippen molar-refractivity contribution in [3.05, 3.63) is 35.3 Å². The molecule has 3 rings (SSSR count). The lowest BCUT2D eigenvalue weighted by atomic mass is 10.1. The van der Waals surface area contributed by atoms with Crippen LogP contribution in [0.3, 0.4) is 0 Å². The van der Waals surface area contributed by atoms with Gasteiger partial charge in [0, 0.05) is 45.3 Å². The average molecular weight is 415 g/mol. The van der Waals surface area contributed by atoms with Gasteiger partial charge in [-0.15, -0.1) is 0 Å². The van der Waals surface area contributed by atoms with Crippen molar-refractivity contribution in [2.24, 2.45) is 0 Å². The summed E-state index contributed by atoms with van der Waals surface area (Å²) in [5.74, 6) is -0.107. The molecule has 0 spiro atoms. The van der Waals surface area contributed by atoms with Crippen LogP contribution in [0.25, 0.3) is 0 Å². The van der Waals surface area contributed by atoms with Crippen molar-refractivity contribution < 1.29 is 18.7 Å². The predicted octanol–water partition coefficient (Wildman–Crippen LogP) is 2.47. The molecule has 0 unspecified atom stereocenters. The number of pyridine rings is 1. The Kier molecular flexibility index (Phi) is 6.25. The van der Waals surface area contributed by atoms with E-state index in [2.05, 4.69) is 4.98 Å². The molecule has 1 fully saturated rings. The van der Waals surface area contributed by atoms with Crippen LogP contribution in [-0.2, 0) is 9.53 Å². The Labute approximate surface area is 175 Å². The molecule has 160 valence electrons. The van der Waals surface area contributed by atoms with Crippen LogP contribution in [0.5, 0.6) is 0 Å². The Morgan fingerprint density at radius 1 is 1.13 bits per heavy atom. The molecule has 9 heteroatoms. The minimum absolute atomic E-state index is 0.00937. The highest BCUT2D eigenvalue weighted by atomic mass is 19.1. The van der Waals surface area contributed by atoms with Crippen molar-refractivity contribution in [2.75, 3.05) is 44.2 Å². The number of nitrogens with zero attached hydrogens (tertiary/aromatic N) is 5. The highest BCUT2D eigenvalue weighted by molar-refractivity contribution is 5.95. The Morgan fingerprint density at radius 3 is 2.40 bits per heavy atom. The summed E-state index contributed by atoms with van der Waals surface area (Å²) >= 11 is 0. The van der Waals surface area contributed by atoms with Gasteiger partial charge in [-0.05, 0) is 32.9 Å². The van der Waals surface area contributed by atoms with Crippen LogP contribution in [0.15, 0.2) is 29.7 Å². The summed E-state index contributed by atoms with van der Waals surface area (Å²) in [6.07, 6.45) is 0.979. The summed E-state index contributed by atoms with van der Waals surface area (Å²) < 4.78 is 19.8. The summed E-state index contributed by atoms with van der Waals surface area (Å²) in [5.41, 5.74) is -0.143. The smallest absolute Gasteiger partial charge is 0.410 e. The van der Waals surface area contributed by atoms with Gasteiger partial charge in [0.2, 0.25) is 0 Å². The lowest BCUT2D eigenvalue weighted by Gasteiger charge is -2.37. The van der Waals surface area contributed by atoms with Gasteiger partial charge in [0.25, 0.3) is 5.91 Å². The fourth-order valence-electron chi connectivity index (χ4n) is 3.37. The normalized spacial score (nSPS) is 17.6. The maximum absolute atomic E-state index is 14.4. The molecule has 8 nitrogen and oxygen atoms in total. The van der Waals surface area contributed by atoms with Crippen LogP contribution in [0.2, 0.25) is 0 Å². The first-order valence-electron chi connectivity index (χ1n) is 9.94. The number of carbonyl (C=O) groups excluding carboxylic acids is 2. The van der Waals surface area contributed by atoms with Crippen molar-refractivity contribution in [1.29, 1.82) is 5.26 Å². The molecule has 0 atom stereocenters. The first-order valence-corrected chi connectivity index (χ1v) is 9.94. The highest BCUT2D eigenvalue weighted by Crippen LogP contribution is 2.24. The van der Waals surface area contributed by atoms with E-state index in [0.717, 1.165) is 5.82 Å². The second-order valence-corrected chi connectivity index (χ2v) is 8.33. The molecule has 2 aliphatic heterocycles. The van der Waals surface area contributed by atoms with Crippen molar-refractivity contribution in [3.63, 3.8) is 0 Å². The van der Waals surface area contributed by atoms with Gasteiger partial charge in [-0.3, -0.25) is 4.79 Å². The number of hydrogen-bond acceptors (Lipinski definition) is 6. The fraction of sp³-hybridized carbons (Fsp3) is 0.524. The number of nitriles is 1. The SMILES string of the molecule is CC(C)(C)OC(=O)N1CCC(F)=C(C(=O)N2CCN(c3ccc(C#N)cn3)CC2)C1. The van der Waals surface area contributed by atoms with E-state index in [1.165, 1.54) is 11.1 Å². The van der Waals surface area contributed by atoms with Crippen LogP contribution in [0, 0.1) is 11.3 Å². The molecule has 3 heterocycles. The van der Waals surface area contributed by atoms with Crippen LogP contribution in [-0.4, -0.2) is 71.7 Å². The van der Waals surface area contributed by atoms with E-state index in [9.17, 15) is 14.0 Å². The fourth-order valence-corrected chi connectivity index (χ4v) is 3.37. The van der Waals surface area contributed by atoms with Crippen LogP contribution in [0.4, 0.5) is 15.0 Å². The maximum Gasteiger partial charge on any atom is 0.410 e. The Balaban J connectivity index is 1.61. The highest BCUT2D eigenvalue weighted by Gasteiger charge is 2.33. The number of hydrogen-bond donors (Lipinski definition) is 0. The molecule has 1 aromatic heterocycles. The monoisotopic (exact) mass is 415 g/mol. The summed E-state index contributed by atoms with van der Waals surface area (Å²) in [7, 11) is 0.